The van der Waals surface area contributed by atoms with Gasteiger partial charge in [-0.1, -0.05) is 29.8 Å². The van der Waals surface area contributed by atoms with E-state index in [1.807, 2.05) is 26.0 Å². The van der Waals surface area contributed by atoms with E-state index in [1.165, 1.54) is 20.0 Å². The molecule has 1 fully saturated rings. The number of nitrogens with one attached hydrogen (secondary N) is 1. The number of methoxy groups -OCH3 is 1. The molecule has 0 unspecified atom stereocenters. The highest BCUT2D eigenvalue weighted by molar-refractivity contribution is 7.92. The standard InChI is InChI=1S/C27H31N3O4S/c1-20-10-13-23(14-11-20)35(32,33)30(25-8-4-5-9-26(25)34-3)19-27(31)28-24-15-12-22(18-21(24)2)29-16-6-7-17-29/h4-5,8-15,18H,6-7,16-17,19H2,1-3H3,(H,28,31). The molecule has 0 bridgehead atoms. The number of rotatable bonds is 8. The van der Waals surface area contributed by atoms with Crippen molar-refractivity contribution >= 4 is 33.0 Å². The smallest absolute Gasteiger partial charge is 0.264 e. The van der Waals surface area contributed by atoms with Crippen LogP contribution in [-0.2, 0) is 14.8 Å². The minimum atomic E-state index is -4.03. The summed E-state index contributed by atoms with van der Waals surface area (Å²) in [5.74, 6) is -0.0780. The van der Waals surface area contributed by atoms with Crippen molar-refractivity contribution in [2.24, 2.45) is 0 Å². The number of hydrogen-bond donors (Lipinski definition) is 1. The lowest BCUT2D eigenvalue weighted by molar-refractivity contribution is -0.114. The number of anilines is 3. The minimum absolute atomic E-state index is 0.105. The molecule has 184 valence electrons. The maximum absolute atomic E-state index is 13.6. The van der Waals surface area contributed by atoms with Crippen LogP contribution in [0.15, 0.2) is 71.6 Å². The largest absolute Gasteiger partial charge is 0.495 e. The van der Waals surface area contributed by atoms with Gasteiger partial charge in [0.15, 0.2) is 0 Å². The third kappa shape index (κ3) is 5.43. The first-order valence-electron chi connectivity index (χ1n) is 11.7. The number of hydrogen-bond acceptors (Lipinski definition) is 5. The van der Waals surface area contributed by atoms with E-state index < -0.39 is 22.5 Å². The molecule has 0 aliphatic carbocycles. The molecule has 1 N–H and O–H groups in total. The molecule has 3 aromatic carbocycles. The fraction of sp³-hybridized carbons (Fsp3) is 0.296. The molecule has 1 aliphatic rings. The van der Waals surface area contributed by atoms with E-state index in [0.29, 0.717) is 17.1 Å². The maximum Gasteiger partial charge on any atom is 0.264 e. The summed E-state index contributed by atoms with van der Waals surface area (Å²) in [5.41, 5.74) is 3.96. The highest BCUT2D eigenvalue weighted by atomic mass is 32.2. The second kappa shape index (κ2) is 10.4. The summed E-state index contributed by atoms with van der Waals surface area (Å²) in [6.45, 7) is 5.51. The van der Waals surface area contributed by atoms with Crippen molar-refractivity contribution in [1.29, 1.82) is 0 Å². The molecule has 1 saturated heterocycles. The highest BCUT2D eigenvalue weighted by Gasteiger charge is 2.29. The average Bonchev–Trinajstić information content (AvgIpc) is 3.39. The van der Waals surface area contributed by atoms with Crippen molar-refractivity contribution in [1.82, 2.24) is 0 Å². The molecule has 1 heterocycles. The third-order valence-corrected chi connectivity index (χ3v) is 7.98. The van der Waals surface area contributed by atoms with Crippen LogP contribution in [0.4, 0.5) is 17.1 Å². The van der Waals surface area contributed by atoms with Crippen LogP contribution >= 0.6 is 0 Å². The first-order chi connectivity index (χ1) is 16.8. The number of ether oxygens (including phenoxy) is 1. The third-order valence-electron chi connectivity index (χ3n) is 6.21. The molecule has 4 rings (SSSR count). The number of para-hydroxylation sites is 2. The van der Waals surface area contributed by atoms with Gasteiger partial charge in [0.1, 0.15) is 12.3 Å². The Balaban J connectivity index is 1.62. The molecule has 0 radical (unpaired) electrons. The van der Waals surface area contributed by atoms with Gasteiger partial charge in [-0.25, -0.2) is 8.42 Å². The van der Waals surface area contributed by atoms with Crippen molar-refractivity contribution < 1.29 is 17.9 Å². The second-order valence-electron chi connectivity index (χ2n) is 8.74. The van der Waals surface area contributed by atoms with E-state index in [-0.39, 0.29) is 4.90 Å². The molecule has 8 heteroatoms. The SMILES string of the molecule is COc1ccccc1N(CC(=O)Nc1ccc(N2CCCC2)cc1C)S(=O)(=O)c1ccc(C)cc1. The van der Waals surface area contributed by atoms with Crippen LogP contribution in [0, 0.1) is 13.8 Å². The number of carbonyl (C=O) groups excluding carboxylic acids is 1. The molecule has 0 saturated carbocycles. The number of aryl methyl sites for hydroxylation is 2. The first-order valence-corrected chi connectivity index (χ1v) is 13.1. The van der Waals surface area contributed by atoms with Crippen LogP contribution in [0.25, 0.3) is 0 Å². The summed E-state index contributed by atoms with van der Waals surface area (Å²) in [7, 11) is -2.56. The number of benzene rings is 3. The average molecular weight is 494 g/mol. The Labute approximate surface area is 207 Å². The van der Waals surface area contributed by atoms with Gasteiger partial charge in [0.25, 0.3) is 10.0 Å². The topological polar surface area (TPSA) is 79.0 Å². The molecule has 7 nitrogen and oxygen atoms in total. The zero-order chi connectivity index (χ0) is 25.0. The number of nitrogens with zero attached hydrogens (tertiary/aromatic N) is 2. The lowest BCUT2D eigenvalue weighted by atomic mass is 10.1. The zero-order valence-corrected chi connectivity index (χ0v) is 21.1. The van der Waals surface area contributed by atoms with Crippen LogP contribution in [0.3, 0.4) is 0 Å². The summed E-state index contributed by atoms with van der Waals surface area (Å²) < 4.78 is 33.8. The van der Waals surface area contributed by atoms with Gasteiger partial charge in [0, 0.05) is 24.5 Å². The van der Waals surface area contributed by atoms with Crippen molar-refractivity contribution in [3.63, 3.8) is 0 Å². The van der Waals surface area contributed by atoms with Crippen molar-refractivity contribution in [2.75, 3.05) is 41.3 Å². The Morgan fingerprint density at radius 1 is 1.00 bits per heavy atom. The van der Waals surface area contributed by atoms with E-state index in [0.717, 1.165) is 34.2 Å². The van der Waals surface area contributed by atoms with Gasteiger partial charge in [-0.2, -0.15) is 0 Å². The molecular weight excluding hydrogens is 462 g/mol. The molecule has 0 aromatic heterocycles. The zero-order valence-electron chi connectivity index (χ0n) is 20.3. The quantitative estimate of drug-likeness (QED) is 0.490. The fourth-order valence-corrected chi connectivity index (χ4v) is 5.68. The Morgan fingerprint density at radius 2 is 1.69 bits per heavy atom. The fourth-order valence-electron chi connectivity index (χ4n) is 4.25. The summed E-state index contributed by atoms with van der Waals surface area (Å²) in [5, 5.41) is 2.89. The predicted octanol–water partition coefficient (Wildman–Crippen LogP) is 4.75. The van der Waals surface area contributed by atoms with Crippen molar-refractivity contribution in [2.45, 2.75) is 31.6 Å². The Kier molecular flexibility index (Phi) is 7.31. The van der Waals surface area contributed by atoms with Gasteiger partial charge in [-0.15, -0.1) is 0 Å². The maximum atomic E-state index is 13.6. The monoisotopic (exact) mass is 493 g/mol. The van der Waals surface area contributed by atoms with Crippen molar-refractivity contribution in [3.05, 3.63) is 77.9 Å². The second-order valence-corrected chi connectivity index (χ2v) is 10.6. The molecule has 35 heavy (non-hydrogen) atoms. The summed E-state index contributed by atoms with van der Waals surface area (Å²) in [6.07, 6.45) is 2.37. The first kappa shape index (κ1) is 24.6. The summed E-state index contributed by atoms with van der Waals surface area (Å²) in [4.78, 5) is 15.6. The number of amides is 1. The van der Waals surface area contributed by atoms with E-state index in [2.05, 4.69) is 16.3 Å². The van der Waals surface area contributed by atoms with Crippen LogP contribution in [0.1, 0.15) is 24.0 Å². The summed E-state index contributed by atoms with van der Waals surface area (Å²) >= 11 is 0. The van der Waals surface area contributed by atoms with Crippen LogP contribution in [0.2, 0.25) is 0 Å². The van der Waals surface area contributed by atoms with Gasteiger partial charge in [-0.3, -0.25) is 9.10 Å². The normalized spacial score (nSPS) is 13.5. The van der Waals surface area contributed by atoms with Gasteiger partial charge >= 0.3 is 0 Å². The molecule has 1 amide bonds. The number of carbonyl (C=O) groups is 1. The van der Waals surface area contributed by atoms with Crippen LogP contribution in [-0.4, -0.2) is 41.1 Å². The van der Waals surface area contributed by atoms with E-state index in [1.54, 1.807) is 48.5 Å². The molecule has 0 atom stereocenters. The van der Waals surface area contributed by atoms with E-state index in [4.69, 9.17) is 4.74 Å². The molecular formula is C27H31N3O4S. The van der Waals surface area contributed by atoms with Gasteiger partial charge in [0.2, 0.25) is 5.91 Å². The lowest BCUT2D eigenvalue weighted by Gasteiger charge is -2.26. The molecule has 0 spiro atoms. The number of sulfonamides is 1. The Morgan fingerprint density at radius 3 is 2.34 bits per heavy atom. The highest BCUT2D eigenvalue weighted by Crippen LogP contribution is 2.32. The Bertz CT molecular complexity index is 1300. The van der Waals surface area contributed by atoms with Crippen molar-refractivity contribution in [3.8, 4) is 5.75 Å². The Hall–Kier alpha value is -3.52. The van der Waals surface area contributed by atoms with E-state index in [9.17, 15) is 13.2 Å². The minimum Gasteiger partial charge on any atom is -0.495 e. The van der Waals surface area contributed by atoms with E-state index >= 15 is 0 Å². The van der Waals surface area contributed by atoms with Gasteiger partial charge < -0.3 is 15.0 Å². The predicted molar refractivity (Wildman–Crippen MR) is 140 cm³/mol. The molecule has 1 aliphatic heterocycles. The van der Waals surface area contributed by atoms with Crippen LogP contribution < -0.4 is 19.3 Å². The van der Waals surface area contributed by atoms with Gasteiger partial charge in [-0.05, 0) is 74.7 Å². The molecule has 3 aromatic rings. The lowest BCUT2D eigenvalue weighted by Crippen LogP contribution is -2.38. The van der Waals surface area contributed by atoms with Gasteiger partial charge in [0.05, 0.1) is 17.7 Å². The van der Waals surface area contributed by atoms with Crippen LogP contribution in [0.5, 0.6) is 5.75 Å². The summed E-state index contributed by atoms with van der Waals surface area (Å²) in [6, 6.07) is 19.3.